The molecule has 0 radical (unpaired) electrons. The van der Waals surface area contributed by atoms with Gasteiger partial charge in [-0.25, -0.2) is 4.98 Å². The maximum atomic E-state index is 12.2. The fourth-order valence-electron chi connectivity index (χ4n) is 3.43. The van der Waals surface area contributed by atoms with Gasteiger partial charge in [0.15, 0.2) is 0 Å². The highest BCUT2D eigenvalue weighted by atomic mass is 16.1. The van der Waals surface area contributed by atoms with Crippen molar-refractivity contribution in [3.05, 3.63) is 36.3 Å². The zero-order valence-electron chi connectivity index (χ0n) is 14.7. The summed E-state index contributed by atoms with van der Waals surface area (Å²) in [5.74, 6) is 1.70. The second-order valence-electron chi connectivity index (χ2n) is 6.92. The lowest BCUT2D eigenvalue weighted by Crippen LogP contribution is -2.15. The summed E-state index contributed by atoms with van der Waals surface area (Å²) >= 11 is 0. The van der Waals surface area contributed by atoms with Gasteiger partial charge in [-0.1, -0.05) is 38.8 Å². The number of fused-ring (bicyclic) bond motifs is 1. The molecule has 1 atom stereocenters. The molecule has 1 aliphatic heterocycles. The maximum absolute atomic E-state index is 12.2. The Bertz CT molecular complexity index is 681. The minimum atomic E-state index is 0.0947. The standard InChI is InChI=1S/C20H27N3O/c1-3-7-15(2)12-20(24)21-17-9-6-8-16(13-17)18-14-23-11-5-4-10-19(23)22-18/h6,8-9,13-15H,3-5,7,10-12H2,1-2H3,(H,21,24). The van der Waals surface area contributed by atoms with E-state index in [4.69, 9.17) is 4.98 Å². The average Bonchev–Trinajstić information content (AvgIpc) is 2.99. The number of nitrogens with zero attached hydrogens (tertiary/aromatic N) is 2. The Labute approximate surface area is 144 Å². The molecule has 24 heavy (non-hydrogen) atoms. The fraction of sp³-hybridized carbons (Fsp3) is 0.500. The van der Waals surface area contributed by atoms with Gasteiger partial charge in [0.1, 0.15) is 5.82 Å². The van der Waals surface area contributed by atoms with Crippen molar-refractivity contribution in [1.82, 2.24) is 9.55 Å². The molecule has 0 bridgehead atoms. The first-order valence-electron chi connectivity index (χ1n) is 9.12. The third kappa shape index (κ3) is 4.05. The topological polar surface area (TPSA) is 46.9 Å². The fourth-order valence-corrected chi connectivity index (χ4v) is 3.43. The van der Waals surface area contributed by atoms with Gasteiger partial charge in [-0.2, -0.15) is 0 Å². The van der Waals surface area contributed by atoms with Crippen LogP contribution < -0.4 is 5.32 Å². The molecule has 0 fully saturated rings. The lowest BCUT2D eigenvalue weighted by Gasteiger charge is -2.11. The molecule has 4 nitrogen and oxygen atoms in total. The second kappa shape index (κ2) is 7.65. The number of anilines is 1. The number of amides is 1. The quantitative estimate of drug-likeness (QED) is 0.840. The highest BCUT2D eigenvalue weighted by molar-refractivity contribution is 5.91. The summed E-state index contributed by atoms with van der Waals surface area (Å²) in [6, 6.07) is 8.01. The highest BCUT2D eigenvalue weighted by Gasteiger charge is 2.14. The average molecular weight is 325 g/mol. The van der Waals surface area contributed by atoms with Crippen molar-refractivity contribution in [2.24, 2.45) is 5.92 Å². The van der Waals surface area contributed by atoms with Crippen LogP contribution in [0.4, 0.5) is 5.69 Å². The lowest BCUT2D eigenvalue weighted by molar-refractivity contribution is -0.117. The van der Waals surface area contributed by atoms with Gasteiger partial charge in [0.2, 0.25) is 5.91 Å². The van der Waals surface area contributed by atoms with E-state index in [0.29, 0.717) is 12.3 Å². The van der Waals surface area contributed by atoms with Gasteiger partial charge in [-0.3, -0.25) is 4.79 Å². The Morgan fingerprint density at radius 2 is 2.25 bits per heavy atom. The number of rotatable bonds is 6. The molecule has 1 N–H and O–H groups in total. The third-order valence-electron chi connectivity index (χ3n) is 4.67. The van der Waals surface area contributed by atoms with Crippen molar-refractivity contribution in [3.63, 3.8) is 0 Å². The van der Waals surface area contributed by atoms with Gasteiger partial charge in [0.05, 0.1) is 5.69 Å². The molecule has 1 aromatic carbocycles. The monoisotopic (exact) mass is 325 g/mol. The van der Waals surface area contributed by atoms with E-state index >= 15 is 0 Å². The van der Waals surface area contributed by atoms with Crippen LogP contribution in [-0.2, 0) is 17.8 Å². The highest BCUT2D eigenvalue weighted by Crippen LogP contribution is 2.25. The number of hydrogen-bond donors (Lipinski definition) is 1. The normalized spacial score (nSPS) is 14.9. The van der Waals surface area contributed by atoms with Crippen LogP contribution >= 0.6 is 0 Å². The van der Waals surface area contributed by atoms with E-state index in [0.717, 1.165) is 42.8 Å². The van der Waals surface area contributed by atoms with Crippen molar-refractivity contribution in [2.45, 2.75) is 58.9 Å². The summed E-state index contributed by atoms with van der Waals surface area (Å²) in [6.07, 6.45) is 8.45. The van der Waals surface area contributed by atoms with E-state index < -0.39 is 0 Å². The number of hydrogen-bond acceptors (Lipinski definition) is 2. The third-order valence-corrected chi connectivity index (χ3v) is 4.67. The summed E-state index contributed by atoms with van der Waals surface area (Å²) in [5, 5.41) is 3.03. The molecule has 2 aromatic rings. The Hall–Kier alpha value is -2.10. The molecule has 0 aliphatic carbocycles. The molecule has 3 rings (SSSR count). The number of benzene rings is 1. The Kier molecular flexibility index (Phi) is 5.34. The van der Waals surface area contributed by atoms with E-state index in [1.807, 2.05) is 18.2 Å². The first kappa shape index (κ1) is 16.7. The number of imidazole rings is 1. The van der Waals surface area contributed by atoms with Crippen LogP contribution in [-0.4, -0.2) is 15.5 Å². The van der Waals surface area contributed by atoms with Crippen molar-refractivity contribution < 1.29 is 4.79 Å². The van der Waals surface area contributed by atoms with Crippen molar-refractivity contribution >= 4 is 11.6 Å². The molecule has 1 aliphatic rings. The van der Waals surface area contributed by atoms with Crippen LogP contribution in [0.5, 0.6) is 0 Å². The molecular formula is C20H27N3O. The summed E-state index contributed by atoms with van der Waals surface area (Å²) in [6.45, 7) is 5.35. The minimum Gasteiger partial charge on any atom is -0.334 e. The van der Waals surface area contributed by atoms with E-state index in [-0.39, 0.29) is 5.91 Å². The molecular weight excluding hydrogens is 298 g/mol. The van der Waals surface area contributed by atoms with Gasteiger partial charge in [-0.05, 0) is 30.9 Å². The number of nitrogens with one attached hydrogen (secondary N) is 1. The van der Waals surface area contributed by atoms with Gasteiger partial charge < -0.3 is 9.88 Å². The summed E-state index contributed by atoms with van der Waals surface area (Å²) in [5.41, 5.74) is 2.92. The molecule has 1 unspecified atom stereocenters. The van der Waals surface area contributed by atoms with Crippen LogP contribution in [0.1, 0.15) is 51.8 Å². The molecule has 128 valence electrons. The molecule has 2 heterocycles. The van der Waals surface area contributed by atoms with Crippen LogP contribution in [0, 0.1) is 5.92 Å². The van der Waals surface area contributed by atoms with Crippen LogP contribution in [0.2, 0.25) is 0 Å². The van der Waals surface area contributed by atoms with Gasteiger partial charge >= 0.3 is 0 Å². The van der Waals surface area contributed by atoms with Crippen LogP contribution in [0.3, 0.4) is 0 Å². The smallest absolute Gasteiger partial charge is 0.224 e. The Morgan fingerprint density at radius 1 is 1.38 bits per heavy atom. The molecule has 1 aromatic heterocycles. The summed E-state index contributed by atoms with van der Waals surface area (Å²) in [4.78, 5) is 16.9. The predicted molar refractivity (Wildman–Crippen MR) is 97.9 cm³/mol. The SMILES string of the molecule is CCCC(C)CC(=O)Nc1cccc(-c2cn3c(n2)CCCC3)c1. The van der Waals surface area contributed by atoms with E-state index in [1.54, 1.807) is 0 Å². The predicted octanol–water partition coefficient (Wildman–Crippen LogP) is 4.65. The summed E-state index contributed by atoms with van der Waals surface area (Å²) < 4.78 is 2.26. The maximum Gasteiger partial charge on any atom is 0.224 e. The first-order valence-corrected chi connectivity index (χ1v) is 9.12. The Morgan fingerprint density at radius 3 is 3.04 bits per heavy atom. The summed E-state index contributed by atoms with van der Waals surface area (Å²) in [7, 11) is 0. The largest absolute Gasteiger partial charge is 0.334 e. The molecule has 0 spiro atoms. The number of carbonyl (C=O) groups excluding carboxylic acids is 1. The van der Waals surface area contributed by atoms with Gasteiger partial charge in [0, 0.05) is 36.8 Å². The van der Waals surface area contributed by atoms with Crippen LogP contribution in [0.15, 0.2) is 30.5 Å². The van der Waals surface area contributed by atoms with E-state index in [1.165, 1.54) is 18.7 Å². The molecule has 0 saturated carbocycles. The molecule has 4 heteroatoms. The Balaban J connectivity index is 1.70. The number of aryl methyl sites for hydroxylation is 2. The van der Waals surface area contributed by atoms with Gasteiger partial charge in [0.25, 0.3) is 0 Å². The van der Waals surface area contributed by atoms with Gasteiger partial charge in [-0.15, -0.1) is 0 Å². The number of carbonyl (C=O) groups is 1. The molecule has 1 amide bonds. The zero-order valence-corrected chi connectivity index (χ0v) is 14.7. The zero-order chi connectivity index (χ0) is 16.9. The lowest BCUT2D eigenvalue weighted by atomic mass is 10.0. The molecule has 0 saturated heterocycles. The van der Waals surface area contributed by atoms with E-state index in [9.17, 15) is 4.79 Å². The minimum absolute atomic E-state index is 0.0947. The first-order chi connectivity index (χ1) is 11.7. The number of aromatic nitrogens is 2. The van der Waals surface area contributed by atoms with Crippen molar-refractivity contribution in [3.8, 4) is 11.3 Å². The van der Waals surface area contributed by atoms with Crippen LogP contribution in [0.25, 0.3) is 11.3 Å². The second-order valence-corrected chi connectivity index (χ2v) is 6.92. The van der Waals surface area contributed by atoms with Crippen molar-refractivity contribution in [2.75, 3.05) is 5.32 Å². The van der Waals surface area contributed by atoms with E-state index in [2.05, 4.69) is 36.0 Å². The van der Waals surface area contributed by atoms with Crippen molar-refractivity contribution in [1.29, 1.82) is 0 Å².